The van der Waals surface area contributed by atoms with Crippen molar-refractivity contribution in [2.45, 2.75) is 13.5 Å². The van der Waals surface area contributed by atoms with Gasteiger partial charge in [-0.15, -0.1) is 0 Å². The number of aryl methyl sites for hydroxylation is 1. The van der Waals surface area contributed by atoms with E-state index in [1.165, 1.54) is 17.9 Å². The predicted molar refractivity (Wildman–Crippen MR) is 78.4 cm³/mol. The second kappa shape index (κ2) is 5.06. The van der Waals surface area contributed by atoms with Crippen molar-refractivity contribution in [1.82, 2.24) is 18.7 Å². The Morgan fingerprint density at radius 2 is 1.91 bits per heavy atom. The Labute approximate surface area is 124 Å². The summed E-state index contributed by atoms with van der Waals surface area (Å²) in [5.74, 6) is -0.613. The number of H-pyrrole nitrogens is 1. The van der Waals surface area contributed by atoms with Crippen LogP contribution in [0.25, 0.3) is 11.3 Å². The maximum atomic E-state index is 12.5. The Bertz CT molecular complexity index is 956. The van der Waals surface area contributed by atoms with Gasteiger partial charge >= 0.3 is 17.3 Å². The van der Waals surface area contributed by atoms with Crippen molar-refractivity contribution in [3.8, 4) is 5.69 Å². The molecule has 0 saturated carbocycles. The molecule has 0 amide bonds. The van der Waals surface area contributed by atoms with Gasteiger partial charge in [0.15, 0.2) is 5.65 Å². The summed E-state index contributed by atoms with van der Waals surface area (Å²) in [5.41, 5.74) is 1.06. The fraction of sp³-hybridized carbons (Fsp3) is 0.214. The lowest BCUT2D eigenvalue weighted by Gasteiger charge is -2.02. The van der Waals surface area contributed by atoms with Crippen molar-refractivity contribution >= 4 is 11.6 Å². The van der Waals surface area contributed by atoms with Gasteiger partial charge in [0.2, 0.25) is 0 Å². The van der Waals surface area contributed by atoms with E-state index in [2.05, 4.69) is 9.72 Å². The Morgan fingerprint density at radius 3 is 2.55 bits per heavy atom. The number of rotatable bonds is 3. The Morgan fingerprint density at radius 1 is 1.23 bits per heavy atom. The first-order valence-electron chi connectivity index (χ1n) is 6.58. The van der Waals surface area contributed by atoms with Crippen molar-refractivity contribution in [3.05, 3.63) is 57.0 Å². The number of carbonyl (C=O) groups is 1. The summed E-state index contributed by atoms with van der Waals surface area (Å²) in [4.78, 5) is 38.3. The molecule has 3 aromatic rings. The van der Waals surface area contributed by atoms with E-state index in [0.29, 0.717) is 11.3 Å². The van der Waals surface area contributed by atoms with Crippen LogP contribution in [0.4, 0.5) is 0 Å². The van der Waals surface area contributed by atoms with Crippen molar-refractivity contribution in [3.63, 3.8) is 0 Å². The minimum absolute atomic E-state index is 0.305. The smallest absolute Gasteiger partial charge is 0.353 e. The molecule has 1 aromatic carbocycles. The van der Waals surface area contributed by atoms with Gasteiger partial charge in [-0.25, -0.2) is 14.3 Å². The SMILES string of the molecule is COC(=O)Cn1c(=O)[nH]c2cn(-c3ccc(C)cc3)c(=O)n21. The van der Waals surface area contributed by atoms with Crippen LogP contribution in [-0.4, -0.2) is 31.8 Å². The zero-order valence-corrected chi connectivity index (χ0v) is 12.1. The molecule has 0 aliphatic heterocycles. The van der Waals surface area contributed by atoms with Gasteiger partial charge in [-0.1, -0.05) is 17.7 Å². The van der Waals surface area contributed by atoms with Crippen LogP contribution in [0.15, 0.2) is 40.1 Å². The third kappa shape index (κ3) is 2.14. The highest BCUT2D eigenvalue weighted by Crippen LogP contribution is 2.08. The first-order chi connectivity index (χ1) is 10.5. The molecule has 0 aliphatic rings. The van der Waals surface area contributed by atoms with Crippen LogP contribution in [0.5, 0.6) is 0 Å². The number of hydrogen-bond donors (Lipinski definition) is 1. The highest BCUT2D eigenvalue weighted by atomic mass is 16.5. The third-order valence-electron chi connectivity index (χ3n) is 3.40. The van der Waals surface area contributed by atoms with Gasteiger partial charge in [0, 0.05) is 0 Å². The van der Waals surface area contributed by atoms with E-state index in [0.717, 1.165) is 14.8 Å². The molecule has 2 aromatic heterocycles. The molecule has 0 unspecified atom stereocenters. The summed E-state index contributed by atoms with van der Waals surface area (Å²) in [5, 5.41) is 0. The standard InChI is InChI=1S/C14H14N4O4/c1-9-3-5-10(6-4-9)16-7-11-15-13(20)17(8-12(19)22-2)18(11)14(16)21/h3-7H,8H2,1-2H3,(H,15,20). The van der Waals surface area contributed by atoms with Crippen LogP contribution >= 0.6 is 0 Å². The Balaban J connectivity index is 2.18. The predicted octanol–water partition coefficient (Wildman–Crippen LogP) is 0.0614. The van der Waals surface area contributed by atoms with Crippen LogP contribution in [-0.2, 0) is 16.1 Å². The van der Waals surface area contributed by atoms with Crippen LogP contribution in [0, 0.1) is 6.92 Å². The van der Waals surface area contributed by atoms with E-state index in [9.17, 15) is 14.4 Å². The summed E-state index contributed by atoms with van der Waals surface area (Å²) in [6.07, 6.45) is 1.52. The normalized spacial score (nSPS) is 11.0. The van der Waals surface area contributed by atoms with Crippen molar-refractivity contribution in [2.24, 2.45) is 0 Å². The fourth-order valence-electron chi connectivity index (χ4n) is 2.24. The number of nitrogens with one attached hydrogen (secondary N) is 1. The second-order valence-corrected chi connectivity index (χ2v) is 4.88. The van der Waals surface area contributed by atoms with Gasteiger partial charge in [0.25, 0.3) is 0 Å². The van der Waals surface area contributed by atoms with E-state index in [-0.39, 0.29) is 6.54 Å². The number of imidazole rings is 1. The number of ether oxygens (including phenoxy) is 1. The van der Waals surface area contributed by atoms with Crippen LogP contribution in [0.2, 0.25) is 0 Å². The van der Waals surface area contributed by atoms with E-state index in [1.807, 2.05) is 19.1 Å². The quantitative estimate of drug-likeness (QED) is 0.693. The number of hydrogen-bond acceptors (Lipinski definition) is 4. The average molecular weight is 302 g/mol. The number of esters is 1. The molecule has 8 heteroatoms. The molecule has 0 aliphatic carbocycles. The van der Waals surface area contributed by atoms with Crippen molar-refractivity contribution < 1.29 is 9.53 Å². The number of aromatic amines is 1. The van der Waals surface area contributed by atoms with Crippen molar-refractivity contribution in [1.29, 1.82) is 0 Å². The number of aromatic nitrogens is 4. The lowest BCUT2D eigenvalue weighted by molar-refractivity contribution is -0.141. The average Bonchev–Trinajstić information content (AvgIpc) is 2.97. The molecule has 8 nitrogen and oxygen atoms in total. The lowest BCUT2D eigenvalue weighted by atomic mass is 10.2. The highest BCUT2D eigenvalue weighted by molar-refractivity contribution is 5.68. The van der Waals surface area contributed by atoms with Crippen LogP contribution < -0.4 is 11.4 Å². The summed E-state index contributed by atoms with van der Waals surface area (Å²) < 4.78 is 8.07. The molecule has 1 N–H and O–H groups in total. The first-order valence-corrected chi connectivity index (χ1v) is 6.58. The number of benzene rings is 1. The molecule has 3 rings (SSSR count). The third-order valence-corrected chi connectivity index (χ3v) is 3.40. The minimum Gasteiger partial charge on any atom is -0.468 e. The van der Waals surface area contributed by atoms with E-state index in [1.54, 1.807) is 12.1 Å². The number of carbonyl (C=O) groups excluding carboxylic acids is 1. The molecule has 0 saturated heterocycles. The maximum Gasteiger partial charge on any atom is 0.353 e. The highest BCUT2D eigenvalue weighted by Gasteiger charge is 2.16. The lowest BCUT2D eigenvalue weighted by Crippen LogP contribution is -2.32. The number of methoxy groups -OCH3 is 1. The second-order valence-electron chi connectivity index (χ2n) is 4.88. The molecular formula is C14H14N4O4. The molecule has 0 bridgehead atoms. The molecular weight excluding hydrogens is 288 g/mol. The summed E-state index contributed by atoms with van der Waals surface area (Å²) >= 11 is 0. The van der Waals surface area contributed by atoms with Gasteiger partial charge in [-0.3, -0.25) is 14.3 Å². The molecule has 22 heavy (non-hydrogen) atoms. The van der Waals surface area contributed by atoms with E-state index >= 15 is 0 Å². The van der Waals surface area contributed by atoms with Gasteiger partial charge in [-0.05, 0) is 19.1 Å². The van der Waals surface area contributed by atoms with Crippen molar-refractivity contribution in [2.75, 3.05) is 7.11 Å². The zero-order valence-electron chi connectivity index (χ0n) is 12.1. The summed E-state index contributed by atoms with van der Waals surface area (Å²) in [6, 6.07) is 7.38. The topological polar surface area (TPSA) is 90.5 Å². The molecule has 0 radical (unpaired) electrons. The molecule has 0 atom stereocenters. The van der Waals surface area contributed by atoms with Crippen LogP contribution in [0.1, 0.15) is 5.56 Å². The monoisotopic (exact) mass is 302 g/mol. The molecule has 0 fully saturated rings. The number of nitrogens with zero attached hydrogens (tertiary/aromatic N) is 3. The maximum absolute atomic E-state index is 12.5. The largest absolute Gasteiger partial charge is 0.468 e. The zero-order chi connectivity index (χ0) is 15.9. The van der Waals surface area contributed by atoms with E-state index < -0.39 is 17.3 Å². The molecule has 0 spiro atoms. The van der Waals surface area contributed by atoms with Gasteiger partial charge in [0.1, 0.15) is 6.54 Å². The van der Waals surface area contributed by atoms with Gasteiger partial charge in [0.05, 0.1) is 19.0 Å². The fourth-order valence-corrected chi connectivity index (χ4v) is 2.24. The molecule has 114 valence electrons. The van der Waals surface area contributed by atoms with Gasteiger partial charge in [-0.2, -0.15) is 4.52 Å². The van der Waals surface area contributed by atoms with Gasteiger partial charge < -0.3 is 4.74 Å². The van der Waals surface area contributed by atoms with Crippen LogP contribution in [0.3, 0.4) is 0 Å². The Kier molecular flexibility index (Phi) is 3.21. The minimum atomic E-state index is -0.613. The Hall–Kier alpha value is -3.03. The first kappa shape index (κ1) is 13.9. The number of fused-ring (bicyclic) bond motifs is 1. The van der Waals surface area contributed by atoms with E-state index in [4.69, 9.17) is 0 Å². The molecule has 2 heterocycles. The summed E-state index contributed by atoms with van der Waals surface area (Å²) in [7, 11) is 1.22. The summed E-state index contributed by atoms with van der Waals surface area (Å²) in [6.45, 7) is 1.61.